The summed E-state index contributed by atoms with van der Waals surface area (Å²) in [6.07, 6.45) is 1.55. The third kappa shape index (κ3) is 5.68. The number of carbonyl (C=O) groups is 1. The minimum atomic E-state index is -4.02. The Morgan fingerprint density at radius 1 is 1.11 bits per heavy atom. The number of benzene rings is 2. The monoisotopic (exact) mass is 540 g/mol. The Morgan fingerprint density at radius 2 is 1.81 bits per heavy atom. The first-order valence-corrected chi connectivity index (χ1v) is 13.9. The van der Waals surface area contributed by atoms with Gasteiger partial charge in [0.15, 0.2) is 0 Å². The first-order valence-electron chi connectivity index (χ1n) is 11.5. The van der Waals surface area contributed by atoms with Crippen molar-refractivity contribution in [2.45, 2.75) is 13.8 Å². The third-order valence-electron chi connectivity index (χ3n) is 5.15. The highest BCUT2D eigenvalue weighted by molar-refractivity contribution is 7.79. The maximum atomic E-state index is 14.9. The van der Waals surface area contributed by atoms with E-state index in [1.54, 1.807) is 51.3 Å². The zero-order valence-corrected chi connectivity index (χ0v) is 22.5. The summed E-state index contributed by atoms with van der Waals surface area (Å²) in [5.41, 5.74) is 1.28. The number of nitrogens with zero attached hydrogens (tertiary/aromatic N) is 2. The molecule has 0 aliphatic heterocycles. The number of carbonyl (C=O) groups excluding carboxylic acids is 1. The fraction of sp³-hybridized carbons (Fsp3) is 0.185. The molecule has 2 heterocycles. The number of aryl methyl sites for hydroxylation is 1. The molecule has 0 aliphatic rings. The second-order valence-electron chi connectivity index (χ2n) is 8.24. The molecule has 0 aliphatic carbocycles. The van der Waals surface area contributed by atoms with Crippen molar-refractivity contribution in [3.63, 3.8) is 0 Å². The van der Waals surface area contributed by atoms with Crippen LogP contribution in [0.4, 0.5) is 9.39 Å². The molecule has 0 radical (unpaired) electrons. The molecule has 192 valence electrons. The molecule has 4 rings (SSSR count). The van der Waals surface area contributed by atoms with Crippen LogP contribution >= 0.6 is 18.7 Å². The van der Waals surface area contributed by atoms with Gasteiger partial charge in [0.2, 0.25) is 5.50 Å². The lowest BCUT2D eigenvalue weighted by Crippen LogP contribution is -2.19. The van der Waals surface area contributed by atoms with Crippen molar-refractivity contribution in [2.75, 3.05) is 20.7 Å². The summed E-state index contributed by atoms with van der Waals surface area (Å²) >= 11 is 1.06. The van der Waals surface area contributed by atoms with E-state index in [0.29, 0.717) is 21.9 Å². The number of halogens is 1. The summed E-state index contributed by atoms with van der Waals surface area (Å²) in [5, 5.41) is 0.312. The Labute approximate surface area is 218 Å². The van der Waals surface area contributed by atoms with Crippen molar-refractivity contribution in [3.05, 3.63) is 83.9 Å². The third-order valence-corrected chi connectivity index (χ3v) is 9.09. The van der Waals surface area contributed by atoms with Gasteiger partial charge in [-0.25, -0.2) is 14.2 Å². The highest BCUT2D eigenvalue weighted by Crippen LogP contribution is 2.53. The van der Waals surface area contributed by atoms with Crippen LogP contribution in [-0.4, -0.2) is 37.9 Å². The van der Waals surface area contributed by atoms with Gasteiger partial charge in [-0.15, -0.1) is 11.3 Å². The van der Waals surface area contributed by atoms with Crippen LogP contribution in [0.15, 0.2) is 76.1 Å². The molecule has 0 spiro atoms. The van der Waals surface area contributed by atoms with Gasteiger partial charge >= 0.3 is 13.3 Å². The first kappa shape index (κ1) is 26.4. The molecule has 0 N–H and O–H groups in total. The van der Waals surface area contributed by atoms with Crippen LogP contribution in [0.5, 0.6) is 5.75 Å². The van der Waals surface area contributed by atoms with Crippen molar-refractivity contribution in [3.8, 4) is 16.9 Å². The smallest absolute Gasteiger partial charge is 0.351 e. The van der Waals surface area contributed by atoms with Crippen LogP contribution in [0.25, 0.3) is 11.1 Å². The van der Waals surface area contributed by atoms with Crippen molar-refractivity contribution in [1.29, 1.82) is 0 Å². The van der Waals surface area contributed by atoms with E-state index in [2.05, 4.69) is 4.99 Å². The normalized spacial score (nSPS) is 12.9. The lowest BCUT2D eigenvalue weighted by atomic mass is 10.0. The van der Waals surface area contributed by atoms with E-state index in [1.165, 1.54) is 24.3 Å². The molecule has 0 saturated heterocycles. The van der Waals surface area contributed by atoms with Gasteiger partial charge < -0.3 is 18.6 Å². The molecular formula is C27H26FN2O5PS. The fourth-order valence-electron chi connectivity index (χ4n) is 3.55. The molecule has 4 aromatic rings. The molecule has 0 fully saturated rings. The summed E-state index contributed by atoms with van der Waals surface area (Å²) in [5.74, 6) is -0.338. The second kappa shape index (κ2) is 11.2. The summed E-state index contributed by atoms with van der Waals surface area (Å²) in [6.45, 7) is 3.59. The Kier molecular flexibility index (Phi) is 7.95. The Morgan fingerprint density at radius 3 is 2.41 bits per heavy atom. The number of hydrogen-bond acceptors (Lipinski definition) is 7. The average Bonchev–Trinajstić information content (AvgIpc) is 3.49. The van der Waals surface area contributed by atoms with E-state index >= 15 is 0 Å². The van der Waals surface area contributed by atoms with Crippen molar-refractivity contribution in [1.82, 2.24) is 4.90 Å². The number of aliphatic imine (C=N–C) groups is 1. The molecule has 0 amide bonds. The summed E-state index contributed by atoms with van der Waals surface area (Å²) in [7, 11) is -0.421. The quantitative estimate of drug-likeness (QED) is 0.109. The number of hydrogen-bond donors (Lipinski definition) is 0. The fourth-order valence-corrected chi connectivity index (χ4v) is 7.43. The number of thiophene rings is 1. The molecule has 2 aromatic heterocycles. The number of esters is 1. The molecule has 2 aromatic carbocycles. The van der Waals surface area contributed by atoms with Gasteiger partial charge in [0.25, 0.3) is 0 Å². The minimum Gasteiger partial charge on any atom is -0.462 e. The van der Waals surface area contributed by atoms with Gasteiger partial charge in [0, 0.05) is 19.7 Å². The SMILES string of the molecule is CCOC(=O)c1c(N=CN(C)C)sc(P(=O)(Oc2ccc(F)cc2)c2ccc(C)o2)c1-c1ccccc1. The minimum absolute atomic E-state index is 0.0892. The molecule has 1 unspecified atom stereocenters. The van der Waals surface area contributed by atoms with Gasteiger partial charge in [0.1, 0.15) is 32.5 Å². The van der Waals surface area contributed by atoms with E-state index in [0.717, 1.165) is 11.3 Å². The Bertz CT molecular complexity index is 1460. The number of furan rings is 1. The highest BCUT2D eigenvalue weighted by atomic mass is 32.1. The molecule has 10 heteroatoms. The standard InChI is InChI=1S/C27H26FN2O5PS/c1-5-33-26(31)24-23(19-9-7-6-8-10-19)27(37-25(24)29-17-30(3)4)36(32,22-16-11-18(2)34-22)35-21-14-12-20(28)13-15-21/h6-17H,5H2,1-4H3. The highest BCUT2D eigenvalue weighted by Gasteiger charge is 2.42. The van der Waals surface area contributed by atoms with Gasteiger partial charge in [-0.1, -0.05) is 30.3 Å². The van der Waals surface area contributed by atoms with Crippen LogP contribution in [0.3, 0.4) is 0 Å². The zero-order valence-electron chi connectivity index (χ0n) is 20.8. The lowest BCUT2D eigenvalue weighted by molar-refractivity contribution is 0.0529. The van der Waals surface area contributed by atoms with Gasteiger partial charge in [-0.2, -0.15) is 0 Å². The predicted molar refractivity (Wildman–Crippen MR) is 145 cm³/mol. The van der Waals surface area contributed by atoms with E-state index in [-0.39, 0.29) is 28.0 Å². The van der Waals surface area contributed by atoms with Crippen LogP contribution < -0.4 is 14.6 Å². The zero-order chi connectivity index (χ0) is 26.6. The lowest BCUT2D eigenvalue weighted by Gasteiger charge is -2.18. The molecule has 7 nitrogen and oxygen atoms in total. The van der Waals surface area contributed by atoms with E-state index < -0.39 is 19.2 Å². The largest absolute Gasteiger partial charge is 0.462 e. The Hall–Kier alpha value is -3.68. The first-order chi connectivity index (χ1) is 17.7. The summed E-state index contributed by atoms with van der Waals surface area (Å²) in [6, 6.07) is 17.6. The van der Waals surface area contributed by atoms with Crippen LogP contribution in [-0.2, 0) is 9.30 Å². The molecule has 0 saturated carbocycles. The molecule has 1 atom stereocenters. The number of rotatable bonds is 9. The van der Waals surface area contributed by atoms with Crippen LogP contribution in [0.1, 0.15) is 23.0 Å². The molecule has 0 bridgehead atoms. The van der Waals surface area contributed by atoms with Crippen molar-refractivity contribution >= 4 is 46.1 Å². The molecule has 37 heavy (non-hydrogen) atoms. The Balaban J connectivity index is 2.05. The van der Waals surface area contributed by atoms with Crippen molar-refractivity contribution < 1.29 is 27.4 Å². The predicted octanol–water partition coefficient (Wildman–Crippen LogP) is 6.16. The van der Waals surface area contributed by atoms with Gasteiger partial charge in [0.05, 0.1) is 12.9 Å². The van der Waals surface area contributed by atoms with E-state index in [4.69, 9.17) is 13.7 Å². The summed E-state index contributed by atoms with van der Waals surface area (Å²) in [4.78, 5) is 19.5. The van der Waals surface area contributed by atoms with Crippen molar-refractivity contribution in [2.24, 2.45) is 4.99 Å². The maximum Gasteiger partial charge on any atom is 0.351 e. The van der Waals surface area contributed by atoms with Crippen LogP contribution in [0, 0.1) is 12.7 Å². The van der Waals surface area contributed by atoms with Gasteiger partial charge in [-0.05, 0) is 55.8 Å². The van der Waals surface area contributed by atoms with E-state index in [9.17, 15) is 13.8 Å². The topological polar surface area (TPSA) is 81.3 Å². The van der Waals surface area contributed by atoms with Gasteiger partial charge in [-0.3, -0.25) is 4.57 Å². The molecular weight excluding hydrogens is 514 g/mol. The second-order valence-corrected chi connectivity index (χ2v) is 11.7. The average molecular weight is 541 g/mol. The number of ether oxygens (including phenoxy) is 1. The summed E-state index contributed by atoms with van der Waals surface area (Å²) < 4.78 is 46.2. The maximum absolute atomic E-state index is 14.9. The van der Waals surface area contributed by atoms with Crippen LogP contribution in [0.2, 0.25) is 0 Å². The van der Waals surface area contributed by atoms with E-state index in [1.807, 2.05) is 30.3 Å².